The van der Waals surface area contributed by atoms with Gasteiger partial charge in [0.05, 0.1) is 28.7 Å². The van der Waals surface area contributed by atoms with E-state index in [4.69, 9.17) is 4.74 Å². The van der Waals surface area contributed by atoms with Gasteiger partial charge in [-0.2, -0.15) is 13.2 Å². The Labute approximate surface area is 227 Å². The second-order valence-corrected chi connectivity index (χ2v) is 12.3. The fourth-order valence-corrected chi connectivity index (χ4v) is 5.94. The van der Waals surface area contributed by atoms with Gasteiger partial charge in [-0.25, -0.2) is 26.0 Å². The molecule has 1 heterocycles. The molecule has 2 aromatic rings. The van der Waals surface area contributed by atoms with Gasteiger partial charge in [0.2, 0.25) is 21.3 Å². The Bertz CT molecular complexity index is 1340. The van der Waals surface area contributed by atoms with Crippen LogP contribution in [0.3, 0.4) is 0 Å². The van der Waals surface area contributed by atoms with Gasteiger partial charge in [-0.1, -0.05) is 0 Å². The van der Waals surface area contributed by atoms with E-state index >= 15 is 4.39 Å². The number of benzene rings is 2. The topological polar surface area (TPSA) is 72.9 Å². The average Bonchev–Trinajstić information content (AvgIpc) is 2.93. The van der Waals surface area contributed by atoms with Crippen molar-refractivity contribution in [2.45, 2.75) is 56.1 Å². The highest BCUT2D eigenvalue weighted by atomic mass is 32.2. The zero-order valence-corrected chi connectivity index (χ0v) is 22.8. The molecule has 2 atom stereocenters. The maximum absolute atomic E-state index is 15.6. The van der Waals surface area contributed by atoms with E-state index in [1.54, 1.807) is 0 Å². The van der Waals surface area contributed by atoms with Crippen LogP contribution in [0.5, 0.6) is 5.75 Å². The standard InChI is InChI=1S/C26H28F7NO5S/c1-24(2,23(35)38-4)14-39-20-12-21-19(11-18(20)26(31,32)33)34(17-7-5-16(27)6-8-17)13-15(9-10-25(3,29)30)22(28)40(21,36)37/h5-8,11-12,15,22H,9-10,13-14H2,1-4H3/t15-,22-/m1/s1. The third kappa shape index (κ3) is 6.81. The van der Waals surface area contributed by atoms with Gasteiger partial charge in [-0.05, 0) is 57.5 Å². The number of fused-ring (bicyclic) bond motifs is 1. The summed E-state index contributed by atoms with van der Waals surface area (Å²) >= 11 is 0. The van der Waals surface area contributed by atoms with Crippen molar-refractivity contribution in [1.29, 1.82) is 0 Å². The van der Waals surface area contributed by atoms with Gasteiger partial charge >= 0.3 is 12.1 Å². The molecule has 0 spiro atoms. The summed E-state index contributed by atoms with van der Waals surface area (Å²) in [6.07, 6.45) is -6.59. The molecule has 6 nitrogen and oxygen atoms in total. The second-order valence-electron chi connectivity index (χ2n) is 10.3. The minimum atomic E-state index is -5.09. The summed E-state index contributed by atoms with van der Waals surface area (Å²) in [5.74, 6) is -7.35. The number of sulfone groups is 1. The van der Waals surface area contributed by atoms with Gasteiger partial charge in [-0.3, -0.25) is 4.79 Å². The number of hydrogen-bond acceptors (Lipinski definition) is 6. The van der Waals surface area contributed by atoms with Crippen molar-refractivity contribution >= 4 is 27.2 Å². The predicted octanol–water partition coefficient (Wildman–Crippen LogP) is 6.70. The van der Waals surface area contributed by atoms with Crippen LogP contribution in [0.25, 0.3) is 0 Å². The Morgan fingerprint density at radius 3 is 2.17 bits per heavy atom. The molecule has 0 amide bonds. The van der Waals surface area contributed by atoms with Crippen molar-refractivity contribution in [1.82, 2.24) is 0 Å². The van der Waals surface area contributed by atoms with Crippen LogP contribution >= 0.6 is 0 Å². The summed E-state index contributed by atoms with van der Waals surface area (Å²) in [7, 11) is -3.98. The molecule has 14 heteroatoms. The Morgan fingerprint density at radius 1 is 1.05 bits per heavy atom. The maximum atomic E-state index is 15.6. The Balaban J connectivity index is 2.25. The van der Waals surface area contributed by atoms with E-state index in [0.29, 0.717) is 19.1 Å². The van der Waals surface area contributed by atoms with Crippen molar-refractivity contribution in [3.8, 4) is 5.75 Å². The van der Waals surface area contributed by atoms with E-state index in [1.807, 2.05) is 0 Å². The lowest BCUT2D eigenvalue weighted by Gasteiger charge is -2.29. The molecule has 2 aromatic carbocycles. The van der Waals surface area contributed by atoms with Crippen molar-refractivity contribution in [3.05, 3.63) is 47.8 Å². The first-order valence-electron chi connectivity index (χ1n) is 12.0. The molecule has 0 fully saturated rings. The lowest BCUT2D eigenvalue weighted by Crippen LogP contribution is -2.32. The quantitative estimate of drug-likeness (QED) is 0.249. The summed E-state index contributed by atoms with van der Waals surface area (Å²) in [5, 5.41) is 0. The van der Waals surface area contributed by atoms with E-state index in [2.05, 4.69) is 4.74 Å². The number of halogens is 7. The molecule has 0 aromatic heterocycles. The van der Waals surface area contributed by atoms with E-state index in [1.165, 1.54) is 13.8 Å². The molecular weight excluding hydrogens is 571 g/mol. The van der Waals surface area contributed by atoms with E-state index in [9.17, 15) is 39.6 Å². The van der Waals surface area contributed by atoms with Crippen LogP contribution in [-0.2, 0) is 25.5 Å². The number of alkyl halides is 6. The van der Waals surface area contributed by atoms with Crippen molar-refractivity contribution < 1.29 is 53.4 Å². The van der Waals surface area contributed by atoms with E-state index < -0.39 is 98.4 Å². The third-order valence-corrected chi connectivity index (χ3v) is 8.38. The lowest BCUT2D eigenvalue weighted by molar-refractivity contribution is -0.152. The number of rotatable bonds is 8. The van der Waals surface area contributed by atoms with Crippen LogP contribution in [-0.4, -0.2) is 46.1 Å². The summed E-state index contributed by atoms with van der Waals surface area (Å²) in [5.41, 5.74) is -6.21. The Morgan fingerprint density at radius 2 is 1.65 bits per heavy atom. The first-order valence-corrected chi connectivity index (χ1v) is 13.6. The molecule has 0 saturated carbocycles. The lowest BCUT2D eigenvalue weighted by atomic mass is 9.95. The molecule has 3 rings (SSSR count). The van der Waals surface area contributed by atoms with Crippen LogP contribution in [0.4, 0.5) is 42.1 Å². The van der Waals surface area contributed by atoms with Crippen molar-refractivity contribution in [2.75, 3.05) is 25.2 Å². The highest BCUT2D eigenvalue weighted by molar-refractivity contribution is 7.92. The minimum absolute atomic E-state index is 0.00817. The first-order chi connectivity index (χ1) is 18.3. The number of methoxy groups -OCH3 is 1. The Hall–Kier alpha value is -3.03. The normalized spacial score (nSPS) is 19.5. The van der Waals surface area contributed by atoms with Gasteiger partial charge < -0.3 is 14.4 Å². The predicted molar refractivity (Wildman–Crippen MR) is 132 cm³/mol. The number of carbonyl (C=O) groups is 1. The van der Waals surface area contributed by atoms with Crippen LogP contribution in [0.1, 0.15) is 39.2 Å². The SMILES string of the molecule is COC(=O)C(C)(C)COc1cc2c(cc1C(F)(F)F)N(c1ccc(F)cc1)C[C@@H](CCC(C)(F)F)[C@H](F)S2(=O)=O. The summed E-state index contributed by atoms with van der Waals surface area (Å²) in [6, 6.07) is 5.20. The highest BCUT2D eigenvalue weighted by Crippen LogP contribution is 2.47. The maximum Gasteiger partial charge on any atom is 0.420 e. The average molecular weight is 600 g/mol. The molecule has 0 radical (unpaired) electrons. The van der Waals surface area contributed by atoms with Gasteiger partial charge in [0.1, 0.15) is 18.2 Å². The number of hydrogen-bond donors (Lipinski definition) is 0. The Kier molecular flexibility index (Phi) is 8.74. The molecule has 1 aliphatic heterocycles. The van der Waals surface area contributed by atoms with E-state index in [0.717, 1.165) is 36.3 Å². The zero-order valence-electron chi connectivity index (χ0n) is 22.0. The fraction of sp³-hybridized carbons (Fsp3) is 0.500. The minimum Gasteiger partial charge on any atom is -0.492 e. The van der Waals surface area contributed by atoms with Crippen LogP contribution in [0, 0.1) is 17.2 Å². The molecule has 0 bridgehead atoms. The number of ether oxygens (including phenoxy) is 2. The summed E-state index contributed by atoms with van der Waals surface area (Å²) < 4.78 is 136. The van der Waals surface area contributed by atoms with Crippen LogP contribution < -0.4 is 9.64 Å². The number of carbonyl (C=O) groups excluding carboxylic acids is 1. The molecule has 0 aliphatic carbocycles. The molecule has 1 aliphatic rings. The van der Waals surface area contributed by atoms with Gasteiger partial charge in [-0.15, -0.1) is 0 Å². The molecule has 0 unspecified atom stereocenters. The van der Waals surface area contributed by atoms with Gasteiger partial charge in [0.15, 0.2) is 0 Å². The highest BCUT2D eigenvalue weighted by Gasteiger charge is 2.45. The number of nitrogens with zero attached hydrogens (tertiary/aromatic N) is 1. The molecular formula is C26H28F7NO5S. The largest absolute Gasteiger partial charge is 0.492 e. The second kappa shape index (κ2) is 11.1. The fourth-order valence-electron chi connectivity index (χ4n) is 4.24. The van der Waals surface area contributed by atoms with Gasteiger partial charge in [0, 0.05) is 30.6 Å². The number of anilines is 2. The monoisotopic (exact) mass is 599 g/mol. The van der Waals surface area contributed by atoms with E-state index in [-0.39, 0.29) is 5.69 Å². The number of esters is 1. The molecule has 222 valence electrons. The third-order valence-electron chi connectivity index (χ3n) is 6.47. The molecule has 0 saturated heterocycles. The zero-order chi connectivity index (χ0) is 30.3. The first kappa shape index (κ1) is 31.5. The van der Waals surface area contributed by atoms with Gasteiger partial charge in [0.25, 0.3) is 0 Å². The summed E-state index contributed by atoms with van der Waals surface area (Å²) in [6.45, 7) is 1.98. The van der Waals surface area contributed by atoms with Crippen molar-refractivity contribution in [3.63, 3.8) is 0 Å². The van der Waals surface area contributed by atoms with Crippen molar-refractivity contribution in [2.24, 2.45) is 11.3 Å². The smallest absolute Gasteiger partial charge is 0.420 e. The van der Waals surface area contributed by atoms with Crippen LogP contribution in [0.2, 0.25) is 0 Å². The van der Waals surface area contributed by atoms with Crippen LogP contribution in [0.15, 0.2) is 41.3 Å². The molecule has 0 N–H and O–H groups in total. The summed E-state index contributed by atoms with van der Waals surface area (Å²) in [4.78, 5) is 12.1. The molecule has 40 heavy (non-hydrogen) atoms.